The van der Waals surface area contributed by atoms with Crippen molar-refractivity contribution >= 4 is 27.5 Å². The molecule has 2 rings (SSSR count). The fourth-order valence-corrected chi connectivity index (χ4v) is 2.74. The second kappa shape index (κ2) is 4.90. The van der Waals surface area contributed by atoms with Crippen molar-refractivity contribution in [2.75, 3.05) is 11.9 Å². The van der Waals surface area contributed by atoms with Crippen LogP contribution >= 0.6 is 15.9 Å². The molecule has 1 aromatic carbocycles. The molecule has 5 N–H and O–H groups in total. The van der Waals surface area contributed by atoms with Crippen molar-refractivity contribution in [1.29, 1.82) is 0 Å². The van der Waals surface area contributed by atoms with E-state index in [0.29, 0.717) is 22.5 Å². The Hall–Kier alpha value is -1.07. The minimum atomic E-state index is -0.433. The Balaban J connectivity index is 2.19. The van der Waals surface area contributed by atoms with Crippen LogP contribution < -0.4 is 16.8 Å². The highest BCUT2D eigenvalue weighted by atomic mass is 79.9. The second-order valence-corrected chi connectivity index (χ2v) is 5.93. The van der Waals surface area contributed by atoms with E-state index in [1.54, 1.807) is 6.07 Å². The molecule has 0 radical (unpaired) electrons. The summed E-state index contributed by atoms with van der Waals surface area (Å²) in [6.45, 7) is 2.73. The largest absolute Gasteiger partial charge is 0.378 e. The predicted octanol–water partition coefficient (Wildman–Crippen LogP) is 2.09. The van der Waals surface area contributed by atoms with Crippen LogP contribution in [0, 0.1) is 5.92 Å². The number of carbonyl (C=O) groups excluding carboxylic acids is 1. The maximum absolute atomic E-state index is 11.1. The molecule has 1 aliphatic carbocycles. The molecule has 0 heterocycles. The first-order chi connectivity index (χ1) is 8.46. The highest BCUT2D eigenvalue weighted by molar-refractivity contribution is 9.10. The number of nitrogens with one attached hydrogen (secondary N) is 1. The van der Waals surface area contributed by atoms with Gasteiger partial charge in [0.2, 0.25) is 5.91 Å². The number of carbonyl (C=O) groups is 1. The van der Waals surface area contributed by atoms with Gasteiger partial charge in [-0.2, -0.15) is 0 Å². The van der Waals surface area contributed by atoms with Crippen LogP contribution in [-0.4, -0.2) is 18.0 Å². The van der Waals surface area contributed by atoms with Crippen molar-refractivity contribution in [3.63, 3.8) is 0 Å². The molecule has 1 amide bonds. The lowest BCUT2D eigenvalue weighted by atomic mass is 9.95. The van der Waals surface area contributed by atoms with Crippen molar-refractivity contribution in [1.82, 2.24) is 0 Å². The number of anilines is 1. The van der Waals surface area contributed by atoms with Gasteiger partial charge in [0.05, 0.1) is 5.56 Å². The molecule has 5 heteroatoms. The van der Waals surface area contributed by atoms with E-state index in [4.69, 9.17) is 11.5 Å². The third-order valence-corrected chi connectivity index (χ3v) is 4.22. The Morgan fingerprint density at radius 3 is 2.67 bits per heavy atom. The number of nitrogens with two attached hydrogens (primary N) is 2. The van der Waals surface area contributed by atoms with Gasteiger partial charge in [-0.3, -0.25) is 4.79 Å². The normalized spacial score (nSPS) is 18.2. The first-order valence-electron chi connectivity index (χ1n) is 6.04. The van der Waals surface area contributed by atoms with E-state index < -0.39 is 5.91 Å². The highest BCUT2D eigenvalue weighted by Crippen LogP contribution is 2.41. The molecule has 0 bridgehead atoms. The molecule has 1 fully saturated rings. The summed E-state index contributed by atoms with van der Waals surface area (Å²) in [7, 11) is 0. The molecule has 1 aliphatic rings. The Bertz CT molecular complexity index is 473. The van der Waals surface area contributed by atoms with Crippen LogP contribution in [-0.2, 0) is 0 Å². The molecule has 0 spiro atoms. The van der Waals surface area contributed by atoms with Gasteiger partial charge in [0.25, 0.3) is 0 Å². The van der Waals surface area contributed by atoms with Gasteiger partial charge in [0, 0.05) is 22.2 Å². The van der Waals surface area contributed by atoms with Crippen molar-refractivity contribution in [3.05, 3.63) is 28.2 Å². The fourth-order valence-electron chi connectivity index (χ4n) is 2.16. The van der Waals surface area contributed by atoms with Crippen LogP contribution in [0.3, 0.4) is 0 Å². The third kappa shape index (κ3) is 2.67. The fraction of sp³-hybridized carbons (Fsp3) is 0.462. The van der Waals surface area contributed by atoms with Crippen molar-refractivity contribution in [3.8, 4) is 0 Å². The topological polar surface area (TPSA) is 81.1 Å². The number of benzene rings is 1. The van der Waals surface area contributed by atoms with Gasteiger partial charge in [-0.1, -0.05) is 0 Å². The van der Waals surface area contributed by atoms with Gasteiger partial charge in [0.1, 0.15) is 0 Å². The van der Waals surface area contributed by atoms with Gasteiger partial charge in [-0.15, -0.1) is 0 Å². The van der Waals surface area contributed by atoms with Crippen molar-refractivity contribution in [2.24, 2.45) is 17.4 Å². The zero-order valence-electron chi connectivity index (χ0n) is 10.4. The Morgan fingerprint density at radius 1 is 1.56 bits per heavy atom. The van der Waals surface area contributed by atoms with Crippen molar-refractivity contribution in [2.45, 2.75) is 25.3 Å². The van der Waals surface area contributed by atoms with Gasteiger partial charge < -0.3 is 16.8 Å². The van der Waals surface area contributed by atoms with E-state index in [1.807, 2.05) is 12.1 Å². The first kappa shape index (κ1) is 13.4. The molecule has 1 atom stereocenters. The Labute approximate surface area is 115 Å². The summed E-state index contributed by atoms with van der Waals surface area (Å²) in [5.41, 5.74) is 12.5. The lowest BCUT2D eigenvalue weighted by Crippen LogP contribution is -2.44. The van der Waals surface area contributed by atoms with Crippen molar-refractivity contribution < 1.29 is 4.79 Å². The van der Waals surface area contributed by atoms with E-state index in [2.05, 4.69) is 28.2 Å². The zero-order valence-corrected chi connectivity index (χ0v) is 12.0. The molecule has 0 saturated heterocycles. The monoisotopic (exact) mass is 311 g/mol. The molecular formula is C13H18BrN3O. The molecular weight excluding hydrogens is 294 g/mol. The summed E-state index contributed by atoms with van der Waals surface area (Å²) in [5.74, 6) is 0.203. The van der Waals surface area contributed by atoms with E-state index in [0.717, 1.165) is 5.69 Å². The van der Waals surface area contributed by atoms with Gasteiger partial charge in [-0.25, -0.2) is 0 Å². The second-order valence-electron chi connectivity index (χ2n) is 5.08. The number of rotatable bonds is 5. The Morgan fingerprint density at radius 2 is 2.22 bits per heavy atom. The lowest BCUT2D eigenvalue weighted by molar-refractivity contribution is 0.0999. The van der Waals surface area contributed by atoms with E-state index in [9.17, 15) is 4.79 Å². The van der Waals surface area contributed by atoms with Gasteiger partial charge in [-0.05, 0) is 59.8 Å². The number of hydrogen-bond acceptors (Lipinski definition) is 3. The summed E-state index contributed by atoms with van der Waals surface area (Å²) in [6.07, 6.45) is 2.45. The van der Waals surface area contributed by atoms with E-state index in [1.165, 1.54) is 12.8 Å². The minimum Gasteiger partial charge on any atom is -0.378 e. The molecule has 98 valence electrons. The van der Waals surface area contributed by atoms with Crippen LogP contribution in [0.5, 0.6) is 0 Å². The number of halogens is 1. The molecule has 18 heavy (non-hydrogen) atoms. The summed E-state index contributed by atoms with van der Waals surface area (Å²) in [5, 5.41) is 3.47. The SMILES string of the molecule is CC(CN)(Nc1ccc(C(N)=O)c(Br)c1)C1CC1. The summed E-state index contributed by atoms with van der Waals surface area (Å²) < 4.78 is 0.704. The number of primary amides is 1. The molecule has 4 nitrogen and oxygen atoms in total. The number of amides is 1. The molecule has 1 aromatic rings. The Kier molecular flexibility index (Phi) is 3.64. The standard InChI is InChI=1S/C13H18BrN3O/c1-13(7-15,8-2-3-8)17-9-4-5-10(12(16)18)11(14)6-9/h4-6,8,17H,2-3,7,15H2,1H3,(H2,16,18). The highest BCUT2D eigenvalue weighted by Gasteiger charge is 2.40. The van der Waals surface area contributed by atoms with Crippen LogP contribution in [0.15, 0.2) is 22.7 Å². The number of hydrogen-bond donors (Lipinski definition) is 3. The van der Waals surface area contributed by atoms with Gasteiger partial charge >= 0.3 is 0 Å². The summed E-state index contributed by atoms with van der Waals surface area (Å²) >= 11 is 3.36. The minimum absolute atomic E-state index is 0.0757. The predicted molar refractivity (Wildman–Crippen MR) is 76.5 cm³/mol. The molecule has 1 saturated carbocycles. The maximum atomic E-state index is 11.1. The molecule has 0 aliphatic heterocycles. The van der Waals surface area contributed by atoms with Gasteiger partial charge in [0.15, 0.2) is 0 Å². The quantitative estimate of drug-likeness (QED) is 0.778. The van der Waals surface area contributed by atoms with Crippen LogP contribution in [0.4, 0.5) is 5.69 Å². The zero-order chi connectivity index (χ0) is 13.3. The summed E-state index contributed by atoms with van der Waals surface area (Å²) in [6, 6.07) is 5.45. The van der Waals surface area contributed by atoms with E-state index >= 15 is 0 Å². The average molecular weight is 312 g/mol. The van der Waals surface area contributed by atoms with Crippen LogP contribution in [0.1, 0.15) is 30.1 Å². The summed E-state index contributed by atoms with van der Waals surface area (Å²) in [4.78, 5) is 11.1. The maximum Gasteiger partial charge on any atom is 0.249 e. The average Bonchev–Trinajstić information content (AvgIpc) is 3.12. The molecule has 0 aromatic heterocycles. The third-order valence-electron chi connectivity index (χ3n) is 3.57. The van der Waals surface area contributed by atoms with Crippen LogP contribution in [0.25, 0.3) is 0 Å². The first-order valence-corrected chi connectivity index (χ1v) is 6.83. The smallest absolute Gasteiger partial charge is 0.249 e. The van der Waals surface area contributed by atoms with E-state index in [-0.39, 0.29) is 5.54 Å². The molecule has 1 unspecified atom stereocenters. The van der Waals surface area contributed by atoms with Crippen LogP contribution in [0.2, 0.25) is 0 Å². The lowest BCUT2D eigenvalue weighted by Gasteiger charge is -2.31.